The Morgan fingerprint density at radius 1 is 1.11 bits per heavy atom. The van der Waals surface area contributed by atoms with Gasteiger partial charge in [-0.15, -0.1) is 0 Å². The molecule has 0 saturated carbocycles. The Balaban J connectivity index is 2.09. The van der Waals surface area contributed by atoms with E-state index in [9.17, 15) is 4.79 Å². The molecule has 0 fully saturated rings. The number of rotatable bonds is 5. The van der Waals surface area contributed by atoms with Crippen molar-refractivity contribution >= 4 is 16.7 Å². The SMILES string of the molecule is CCCCOC(=O)Cc1cccc2ccccc12. The monoisotopic (exact) mass is 242 g/mol. The van der Waals surface area contributed by atoms with Gasteiger partial charge in [0.25, 0.3) is 0 Å². The maximum Gasteiger partial charge on any atom is 0.310 e. The minimum absolute atomic E-state index is 0.139. The summed E-state index contributed by atoms with van der Waals surface area (Å²) in [6, 6.07) is 14.1. The van der Waals surface area contributed by atoms with Crippen molar-refractivity contribution in [2.45, 2.75) is 26.2 Å². The quantitative estimate of drug-likeness (QED) is 0.590. The Morgan fingerprint density at radius 3 is 2.72 bits per heavy atom. The number of unbranched alkanes of at least 4 members (excludes halogenated alkanes) is 1. The molecule has 2 rings (SSSR count). The van der Waals surface area contributed by atoms with Gasteiger partial charge in [0, 0.05) is 0 Å². The number of carbonyl (C=O) groups is 1. The number of hydrogen-bond donors (Lipinski definition) is 0. The molecule has 0 radical (unpaired) electrons. The summed E-state index contributed by atoms with van der Waals surface area (Å²) < 4.78 is 5.20. The van der Waals surface area contributed by atoms with E-state index in [2.05, 4.69) is 19.1 Å². The number of esters is 1. The van der Waals surface area contributed by atoms with Gasteiger partial charge < -0.3 is 4.74 Å². The molecule has 0 N–H and O–H groups in total. The highest BCUT2D eigenvalue weighted by atomic mass is 16.5. The zero-order valence-corrected chi connectivity index (χ0v) is 10.7. The van der Waals surface area contributed by atoms with Crippen LogP contribution >= 0.6 is 0 Å². The van der Waals surface area contributed by atoms with Gasteiger partial charge in [-0.1, -0.05) is 55.8 Å². The number of ether oxygens (including phenoxy) is 1. The number of fused-ring (bicyclic) bond motifs is 1. The van der Waals surface area contributed by atoms with E-state index in [4.69, 9.17) is 4.74 Å². The maximum atomic E-state index is 11.7. The number of hydrogen-bond acceptors (Lipinski definition) is 2. The minimum atomic E-state index is -0.139. The number of carbonyl (C=O) groups excluding carboxylic acids is 1. The van der Waals surface area contributed by atoms with Crippen LogP contribution in [0.5, 0.6) is 0 Å². The topological polar surface area (TPSA) is 26.3 Å². The molecule has 0 heterocycles. The smallest absolute Gasteiger partial charge is 0.310 e. The van der Waals surface area contributed by atoms with Crippen LogP contribution in [0.4, 0.5) is 0 Å². The van der Waals surface area contributed by atoms with Gasteiger partial charge in [-0.2, -0.15) is 0 Å². The van der Waals surface area contributed by atoms with Crippen molar-refractivity contribution in [3.05, 3.63) is 48.0 Å². The fourth-order valence-corrected chi connectivity index (χ4v) is 1.98. The Kier molecular flexibility index (Phi) is 4.35. The van der Waals surface area contributed by atoms with Crippen LogP contribution in [0.1, 0.15) is 25.3 Å². The lowest BCUT2D eigenvalue weighted by atomic mass is 10.0. The first-order chi connectivity index (χ1) is 8.81. The normalized spacial score (nSPS) is 10.5. The molecule has 0 spiro atoms. The molecule has 2 heteroatoms. The standard InChI is InChI=1S/C16H18O2/c1-2-3-11-18-16(17)12-14-9-6-8-13-7-4-5-10-15(13)14/h4-10H,2-3,11-12H2,1H3. The lowest BCUT2D eigenvalue weighted by Gasteiger charge is -2.07. The van der Waals surface area contributed by atoms with E-state index in [1.165, 1.54) is 0 Å². The molecule has 0 aliphatic rings. The van der Waals surface area contributed by atoms with Crippen LogP contribution in [0.3, 0.4) is 0 Å². The van der Waals surface area contributed by atoms with E-state index in [0.717, 1.165) is 29.2 Å². The van der Waals surface area contributed by atoms with Crippen molar-refractivity contribution in [2.75, 3.05) is 6.61 Å². The third-order valence-electron chi connectivity index (χ3n) is 2.98. The van der Waals surface area contributed by atoms with Gasteiger partial charge >= 0.3 is 5.97 Å². The zero-order chi connectivity index (χ0) is 12.8. The summed E-state index contributed by atoms with van der Waals surface area (Å²) >= 11 is 0. The average Bonchev–Trinajstić information content (AvgIpc) is 2.39. The number of benzene rings is 2. The van der Waals surface area contributed by atoms with Crippen LogP contribution in [0.15, 0.2) is 42.5 Å². The van der Waals surface area contributed by atoms with E-state index < -0.39 is 0 Å². The molecular weight excluding hydrogens is 224 g/mol. The first-order valence-corrected chi connectivity index (χ1v) is 6.43. The highest BCUT2D eigenvalue weighted by molar-refractivity contribution is 5.88. The van der Waals surface area contributed by atoms with Gasteiger partial charge in [0.05, 0.1) is 13.0 Å². The first-order valence-electron chi connectivity index (χ1n) is 6.43. The van der Waals surface area contributed by atoms with E-state index in [1.54, 1.807) is 0 Å². The summed E-state index contributed by atoms with van der Waals surface area (Å²) in [5, 5.41) is 2.30. The second kappa shape index (κ2) is 6.20. The van der Waals surface area contributed by atoms with Crippen LogP contribution < -0.4 is 0 Å². The average molecular weight is 242 g/mol. The molecule has 2 aromatic carbocycles. The summed E-state index contributed by atoms with van der Waals surface area (Å²) in [6.45, 7) is 2.61. The molecule has 0 aliphatic heterocycles. The van der Waals surface area contributed by atoms with Gasteiger partial charge in [0.1, 0.15) is 0 Å². The summed E-state index contributed by atoms with van der Waals surface area (Å²) in [4.78, 5) is 11.7. The molecule has 0 amide bonds. The third-order valence-corrected chi connectivity index (χ3v) is 2.98. The summed E-state index contributed by atoms with van der Waals surface area (Å²) in [5.74, 6) is -0.139. The Labute approximate surface area is 108 Å². The van der Waals surface area contributed by atoms with Crippen LogP contribution in [0.2, 0.25) is 0 Å². The summed E-state index contributed by atoms with van der Waals surface area (Å²) in [7, 11) is 0. The second-order valence-electron chi connectivity index (χ2n) is 4.39. The van der Waals surface area contributed by atoms with Gasteiger partial charge in [-0.05, 0) is 22.8 Å². The molecule has 18 heavy (non-hydrogen) atoms. The largest absolute Gasteiger partial charge is 0.465 e. The summed E-state index contributed by atoms with van der Waals surface area (Å²) in [6.07, 6.45) is 2.33. The van der Waals surface area contributed by atoms with Gasteiger partial charge in [-0.25, -0.2) is 0 Å². The Morgan fingerprint density at radius 2 is 1.89 bits per heavy atom. The first kappa shape index (κ1) is 12.6. The van der Waals surface area contributed by atoms with E-state index in [0.29, 0.717) is 13.0 Å². The van der Waals surface area contributed by atoms with Crippen molar-refractivity contribution in [3.8, 4) is 0 Å². The van der Waals surface area contributed by atoms with Crippen molar-refractivity contribution < 1.29 is 9.53 Å². The molecule has 2 aromatic rings. The summed E-state index contributed by atoms with van der Waals surface area (Å²) in [5.41, 5.74) is 1.04. The fourth-order valence-electron chi connectivity index (χ4n) is 1.98. The predicted molar refractivity (Wildman–Crippen MR) is 73.5 cm³/mol. The van der Waals surface area contributed by atoms with Crippen LogP contribution in [0.25, 0.3) is 10.8 Å². The molecule has 0 atom stereocenters. The lowest BCUT2D eigenvalue weighted by molar-refractivity contribution is -0.142. The zero-order valence-electron chi connectivity index (χ0n) is 10.7. The highest BCUT2D eigenvalue weighted by Gasteiger charge is 2.07. The van der Waals surface area contributed by atoms with Crippen molar-refractivity contribution in [1.29, 1.82) is 0 Å². The molecule has 0 bridgehead atoms. The Bertz CT molecular complexity index is 526. The maximum absolute atomic E-state index is 11.7. The predicted octanol–water partition coefficient (Wildman–Crippen LogP) is 3.73. The van der Waals surface area contributed by atoms with Crippen LogP contribution in [-0.2, 0) is 16.0 Å². The lowest BCUT2D eigenvalue weighted by Crippen LogP contribution is -2.09. The van der Waals surface area contributed by atoms with Gasteiger partial charge in [-0.3, -0.25) is 4.79 Å². The van der Waals surface area contributed by atoms with Crippen molar-refractivity contribution in [1.82, 2.24) is 0 Å². The van der Waals surface area contributed by atoms with E-state index >= 15 is 0 Å². The second-order valence-corrected chi connectivity index (χ2v) is 4.39. The molecular formula is C16H18O2. The molecule has 0 aliphatic carbocycles. The van der Waals surface area contributed by atoms with Crippen molar-refractivity contribution in [3.63, 3.8) is 0 Å². The van der Waals surface area contributed by atoms with E-state index in [1.807, 2.05) is 30.3 Å². The van der Waals surface area contributed by atoms with Crippen LogP contribution in [0, 0.1) is 0 Å². The fraction of sp³-hybridized carbons (Fsp3) is 0.312. The molecule has 2 nitrogen and oxygen atoms in total. The molecule has 0 aromatic heterocycles. The Hall–Kier alpha value is -1.83. The van der Waals surface area contributed by atoms with Crippen molar-refractivity contribution in [2.24, 2.45) is 0 Å². The van der Waals surface area contributed by atoms with E-state index in [-0.39, 0.29) is 5.97 Å². The van der Waals surface area contributed by atoms with Crippen LogP contribution in [-0.4, -0.2) is 12.6 Å². The van der Waals surface area contributed by atoms with Gasteiger partial charge in [0.15, 0.2) is 0 Å². The molecule has 94 valence electrons. The third kappa shape index (κ3) is 3.10. The minimum Gasteiger partial charge on any atom is -0.465 e. The highest BCUT2D eigenvalue weighted by Crippen LogP contribution is 2.19. The molecule has 0 saturated heterocycles. The van der Waals surface area contributed by atoms with Gasteiger partial charge in [0.2, 0.25) is 0 Å². The molecule has 0 unspecified atom stereocenters.